The second-order valence-electron chi connectivity index (χ2n) is 7.18. The van der Waals surface area contributed by atoms with Crippen LogP contribution in [0.1, 0.15) is 29.2 Å². The van der Waals surface area contributed by atoms with Gasteiger partial charge in [0.1, 0.15) is 4.83 Å². The van der Waals surface area contributed by atoms with Gasteiger partial charge in [-0.05, 0) is 31.0 Å². The third kappa shape index (κ3) is 4.36. The van der Waals surface area contributed by atoms with Crippen molar-refractivity contribution in [1.82, 2.24) is 14.7 Å². The Labute approximate surface area is 173 Å². The van der Waals surface area contributed by atoms with Crippen LogP contribution in [0.3, 0.4) is 0 Å². The highest BCUT2D eigenvalue weighted by atomic mass is 35.5. The zero-order valence-corrected chi connectivity index (χ0v) is 17.9. The van der Waals surface area contributed by atoms with Crippen LogP contribution >= 0.6 is 22.9 Å². The smallest absolute Gasteiger partial charge is 0.264 e. The van der Waals surface area contributed by atoms with E-state index in [1.54, 1.807) is 31.3 Å². The maximum Gasteiger partial charge on any atom is 0.264 e. The van der Waals surface area contributed by atoms with Gasteiger partial charge in [0.05, 0.1) is 27.8 Å². The Bertz CT molecular complexity index is 1020. The molecule has 0 spiro atoms. The summed E-state index contributed by atoms with van der Waals surface area (Å²) in [6, 6.07) is 8.86. The number of hydrogen-bond donors (Lipinski definition) is 1. The number of amides is 2. The molecule has 2 aromatic heterocycles. The highest BCUT2D eigenvalue weighted by Gasteiger charge is 2.21. The molecule has 0 unspecified atom stereocenters. The van der Waals surface area contributed by atoms with Crippen LogP contribution in [-0.4, -0.2) is 40.1 Å². The first-order chi connectivity index (χ1) is 13.3. The van der Waals surface area contributed by atoms with Crippen molar-refractivity contribution in [2.24, 2.45) is 5.92 Å². The van der Waals surface area contributed by atoms with Crippen molar-refractivity contribution in [1.29, 1.82) is 0 Å². The van der Waals surface area contributed by atoms with Crippen LogP contribution in [0.15, 0.2) is 30.3 Å². The van der Waals surface area contributed by atoms with Crippen LogP contribution < -0.4 is 5.32 Å². The second kappa shape index (κ2) is 8.32. The number of para-hydroxylation sites is 1. The van der Waals surface area contributed by atoms with Gasteiger partial charge in [-0.3, -0.25) is 14.3 Å². The van der Waals surface area contributed by atoms with Gasteiger partial charge in [0.2, 0.25) is 5.91 Å². The number of aromatic nitrogens is 2. The number of anilines is 1. The Hall–Kier alpha value is -2.38. The van der Waals surface area contributed by atoms with Crippen molar-refractivity contribution in [2.45, 2.75) is 27.3 Å². The molecule has 3 rings (SSSR count). The quantitative estimate of drug-likeness (QED) is 0.644. The molecule has 148 valence electrons. The molecule has 8 heteroatoms. The van der Waals surface area contributed by atoms with Gasteiger partial charge in [0.15, 0.2) is 0 Å². The standard InChI is InChI=1S/C20H23ClN4O2S/c1-12(2)10-25-20-14(13(3)23-25)9-17(28-20)19(27)24(4)11-18(26)22-16-8-6-5-7-15(16)21/h5-9,12H,10-11H2,1-4H3,(H,22,26). The number of likely N-dealkylation sites (N-methyl/N-ethyl adjacent to an activating group) is 1. The summed E-state index contributed by atoms with van der Waals surface area (Å²) in [5, 5.41) is 8.74. The van der Waals surface area contributed by atoms with Gasteiger partial charge in [-0.15, -0.1) is 11.3 Å². The molecule has 0 aliphatic rings. The Morgan fingerprint density at radius 2 is 2.04 bits per heavy atom. The molecule has 0 bridgehead atoms. The number of fused-ring (bicyclic) bond motifs is 1. The summed E-state index contributed by atoms with van der Waals surface area (Å²) in [7, 11) is 1.62. The molecule has 2 amide bonds. The largest absolute Gasteiger partial charge is 0.332 e. The van der Waals surface area contributed by atoms with E-state index in [0.717, 1.165) is 22.5 Å². The summed E-state index contributed by atoms with van der Waals surface area (Å²) >= 11 is 7.47. The van der Waals surface area contributed by atoms with E-state index in [4.69, 9.17) is 11.6 Å². The molecule has 6 nitrogen and oxygen atoms in total. The number of carbonyl (C=O) groups excluding carboxylic acids is 2. The minimum atomic E-state index is -0.299. The summed E-state index contributed by atoms with van der Waals surface area (Å²) in [4.78, 5) is 28.1. The summed E-state index contributed by atoms with van der Waals surface area (Å²) < 4.78 is 1.96. The van der Waals surface area contributed by atoms with Gasteiger partial charge >= 0.3 is 0 Å². The molecule has 1 N–H and O–H groups in total. The van der Waals surface area contributed by atoms with Crippen LogP contribution in [0, 0.1) is 12.8 Å². The third-order valence-corrected chi connectivity index (χ3v) is 5.70. The minimum absolute atomic E-state index is 0.0601. The predicted molar refractivity (Wildman–Crippen MR) is 114 cm³/mol. The molecular formula is C20H23ClN4O2S. The summed E-state index contributed by atoms with van der Waals surface area (Å²) in [5.74, 6) is -0.0295. The fourth-order valence-electron chi connectivity index (χ4n) is 2.92. The van der Waals surface area contributed by atoms with Gasteiger partial charge in [0, 0.05) is 19.0 Å². The van der Waals surface area contributed by atoms with Crippen molar-refractivity contribution >= 4 is 50.7 Å². The Kier molecular flexibility index (Phi) is 6.05. The number of hydrogen-bond acceptors (Lipinski definition) is 4. The molecule has 28 heavy (non-hydrogen) atoms. The second-order valence-corrected chi connectivity index (χ2v) is 8.62. The van der Waals surface area contributed by atoms with E-state index in [1.165, 1.54) is 16.2 Å². The number of aryl methyl sites for hydroxylation is 1. The molecule has 0 fully saturated rings. The lowest BCUT2D eigenvalue weighted by molar-refractivity contribution is -0.116. The lowest BCUT2D eigenvalue weighted by atomic mass is 10.2. The van der Waals surface area contributed by atoms with Crippen LogP contribution in [0.25, 0.3) is 10.2 Å². The first kappa shape index (κ1) is 20.4. The molecule has 0 saturated carbocycles. The summed E-state index contributed by atoms with van der Waals surface area (Å²) in [6.45, 7) is 6.95. The molecule has 0 atom stereocenters. The normalized spacial score (nSPS) is 11.2. The molecular weight excluding hydrogens is 396 g/mol. The van der Waals surface area contributed by atoms with Gasteiger partial charge in [-0.1, -0.05) is 37.6 Å². The summed E-state index contributed by atoms with van der Waals surface area (Å²) in [5.41, 5.74) is 1.44. The average Bonchev–Trinajstić information content (AvgIpc) is 3.17. The highest BCUT2D eigenvalue weighted by molar-refractivity contribution is 7.20. The zero-order chi connectivity index (χ0) is 20.4. The van der Waals surface area contributed by atoms with E-state index in [-0.39, 0.29) is 18.4 Å². The average molecular weight is 419 g/mol. The number of carbonyl (C=O) groups is 2. The molecule has 1 aromatic carbocycles. The highest BCUT2D eigenvalue weighted by Crippen LogP contribution is 2.29. The fraction of sp³-hybridized carbons (Fsp3) is 0.350. The maximum atomic E-state index is 12.8. The lowest BCUT2D eigenvalue weighted by Crippen LogP contribution is -2.34. The zero-order valence-electron chi connectivity index (χ0n) is 16.3. The lowest BCUT2D eigenvalue weighted by Gasteiger charge is -2.16. The molecule has 0 aliphatic carbocycles. The van der Waals surface area contributed by atoms with Crippen molar-refractivity contribution in [3.05, 3.63) is 45.9 Å². The number of nitrogens with one attached hydrogen (secondary N) is 1. The first-order valence-electron chi connectivity index (χ1n) is 9.03. The predicted octanol–water partition coefficient (Wildman–Crippen LogP) is 4.43. The van der Waals surface area contributed by atoms with Crippen molar-refractivity contribution in [3.63, 3.8) is 0 Å². The van der Waals surface area contributed by atoms with Gasteiger partial charge < -0.3 is 10.2 Å². The first-order valence-corrected chi connectivity index (χ1v) is 10.2. The van der Waals surface area contributed by atoms with E-state index < -0.39 is 0 Å². The SMILES string of the molecule is Cc1nn(CC(C)C)c2sc(C(=O)N(C)CC(=O)Nc3ccccc3Cl)cc12. The van der Waals surface area contributed by atoms with Crippen LogP contribution in [0.5, 0.6) is 0 Å². The molecule has 0 radical (unpaired) electrons. The van der Waals surface area contributed by atoms with Crippen LogP contribution in [0.4, 0.5) is 5.69 Å². The number of thiophene rings is 1. The topological polar surface area (TPSA) is 67.2 Å². The van der Waals surface area contributed by atoms with Crippen molar-refractivity contribution < 1.29 is 9.59 Å². The van der Waals surface area contributed by atoms with E-state index in [0.29, 0.717) is 21.5 Å². The van der Waals surface area contributed by atoms with Crippen LogP contribution in [0.2, 0.25) is 5.02 Å². The number of benzene rings is 1. The Morgan fingerprint density at radius 1 is 1.32 bits per heavy atom. The van der Waals surface area contributed by atoms with Crippen molar-refractivity contribution in [2.75, 3.05) is 18.9 Å². The van der Waals surface area contributed by atoms with Crippen molar-refractivity contribution in [3.8, 4) is 0 Å². The summed E-state index contributed by atoms with van der Waals surface area (Å²) in [6.07, 6.45) is 0. The third-order valence-electron chi connectivity index (χ3n) is 4.23. The van der Waals surface area contributed by atoms with E-state index in [1.807, 2.05) is 17.7 Å². The van der Waals surface area contributed by atoms with Gasteiger partial charge in [0.25, 0.3) is 5.91 Å². The molecule has 0 saturated heterocycles. The van der Waals surface area contributed by atoms with E-state index in [2.05, 4.69) is 24.3 Å². The molecule has 0 aliphatic heterocycles. The number of nitrogens with zero attached hydrogens (tertiary/aromatic N) is 3. The minimum Gasteiger partial charge on any atom is -0.332 e. The Balaban J connectivity index is 1.72. The van der Waals surface area contributed by atoms with E-state index >= 15 is 0 Å². The molecule has 2 heterocycles. The molecule has 3 aromatic rings. The number of rotatable bonds is 6. The van der Waals surface area contributed by atoms with E-state index in [9.17, 15) is 9.59 Å². The monoisotopic (exact) mass is 418 g/mol. The van der Waals surface area contributed by atoms with Gasteiger partial charge in [-0.25, -0.2) is 0 Å². The fourth-order valence-corrected chi connectivity index (χ4v) is 4.26. The Morgan fingerprint density at radius 3 is 2.71 bits per heavy atom. The van der Waals surface area contributed by atoms with Gasteiger partial charge in [-0.2, -0.15) is 5.10 Å². The van der Waals surface area contributed by atoms with Crippen LogP contribution in [-0.2, 0) is 11.3 Å². The number of halogens is 1. The maximum absolute atomic E-state index is 12.8.